The number of aryl methyl sites for hydroxylation is 1. The van der Waals surface area contributed by atoms with E-state index in [-0.39, 0.29) is 0 Å². The van der Waals surface area contributed by atoms with Crippen LogP contribution in [-0.2, 0) is 9.59 Å². The minimum Gasteiger partial charge on any atom is -0.505 e. The zero-order valence-electron chi connectivity index (χ0n) is 13.5. The molecule has 1 amide bonds. The fourth-order valence-electron chi connectivity index (χ4n) is 2.15. The topological polar surface area (TPSA) is 159 Å². The molecule has 1 atom stereocenters. The highest BCUT2D eigenvalue weighted by atomic mass is 16.4. The lowest BCUT2D eigenvalue weighted by molar-refractivity contribution is -0.145. The SMILES string of the molecule is Cc1cccc(-n2nc(C(=O)NC(CC(=O)O)C(=O)O)c(O)cc2=O)c1. The van der Waals surface area contributed by atoms with Crippen molar-refractivity contribution in [1.29, 1.82) is 0 Å². The van der Waals surface area contributed by atoms with E-state index in [1.165, 1.54) is 0 Å². The maximum Gasteiger partial charge on any atom is 0.326 e. The van der Waals surface area contributed by atoms with Crippen molar-refractivity contribution in [1.82, 2.24) is 15.1 Å². The summed E-state index contributed by atoms with van der Waals surface area (Å²) in [6.45, 7) is 1.78. The van der Waals surface area contributed by atoms with Crippen LogP contribution < -0.4 is 10.9 Å². The summed E-state index contributed by atoms with van der Waals surface area (Å²) in [4.78, 5) is 46.0. The monoisotopic (exact) mass is 361 g/mol. The van der Waals surface area contributed by atoms with Crippen LogP contribution in [0.25, 0.3) is 5.69 Å². The first-order valence-electron chi connectivity index (χ1n) is 7.35. The van der Waals surface area contributed by atoms with Crippen LogP contribution >= 0.6 is 0 Å². The number of benzene rings is 1. The van der Waals surface area contributed by atoms with Gasteiger partial charge in [0.25, 0.3) is 11.5 Å². The van der Waals surface area contributed by atoms with Gasteiger partial charge < -0.3 is 20.6 Å². The largest absolute Gasteiger partial charge is 0.505 e. The van der Waals surface area contributed by atoms with Crippen LogP contribution in [0.2, 0.25) is 0 Å². The number of hydrogen-bond acceptors (Lipinski definition) is 6. The number of carbonyl (C=O) groups excluding carboxylic acids is 1. The van der Waals surface area contributed by atoms with Gasteiger partial charge in [-0.15, -0.1) is 0 Å². The van der Waals surface area contributed by atoms with E-state index in [2.05, 4.69) is 5.10 Å². The van der Waals surface area contributed by atoms with E-state index in [1.54, 1.807) is 31.2 Å². The molecule has 1 aromatic heterocycles. The summed E-state index contributed by atoms with van der Waals surface area (Å²) >= 11 is 0. The van der Waals surface area contributed by atoms with Crippen molar-refractivity contribution in [2.45, 2.75) is 19.4 Å². The first-order valence-corrected chi connectivity index (χ1v) is 7.35. The van der Waals surface area contributed by atoms with Crippen LogP contribution in [0.4, 0.5) is 0 Å². The third-order valence-electron chi connectivity index (χ3n) is 3.36. The van der Waals surface area contributed by atoms with Gasteiger partial charge in [0, 0.05) is 6.07 Å². The molecule has 2 rings (SSSR count). The second kappa shape index (κ2) is 7.47. The zero-order chi connectivity index (χ0) is 19.4. The number of carboxylic acids is 2. The molecule has 10 heteroatoms. The van der Waals surface area contributed by atoms with Gasteiger partial charge in [0.05, 0.1) is 12.1 Å². The maximum atomic E-state index is 12.2. The Hall–Kier alpha value is -3.69. The number of aromatic hydroxyl groups is 1. The standard InChI is InChI=1S/C16H15N3O7/c1-8-3-2-4-9(5-8)19-12(21)7-11(20)14(18-19)15(24)17-10(16(25)26)6-13(22)23/h2-5,7,10,20H,6H2,1H3,(H,17,24)(H,22,23)(H,25,26). The van der Waals surface area contributed by atoms with E-state index >= 15 is 0 Å². The molecule has 1 aromatic carbocycles. The number of carboxylic acid groups (broad SMARTS) is 2. The van der Waals surface area contributed by atoms with E-state index in [9.17, 15) is 24.3 Å². The van der Waals surface area contributed by atoms with Crippen LogP contribution in [0, 0.1) is 6.92 Å². The number of aromatic nitrogens is 2. The number of hydrogen-bond donors (Lipinski definition) is 4. The molecular weight excluding hydrogens is 346 g/mol. The average molecular weight is 361 g/mol. The summed E-state index contributed by atoms with van der Waals surface area (Å²) < 4.78 is 0.870. The Bertz CT molecular complexity index is 936. The molecule has 0 spiro atoms. The van der Waals surface area contributed by atoms with E-state index in [1.807, 2.05) is 5.32 Å². The first-order chi connectivity index (χ1) is 12.2. The van der Waals surface area contributed by atoms with Crippen LogP contribution in [0.1, 0.15) is 22.5 Å². The van der Waals surface area contributed by atoms with Crippen molar-refractivity contribution < 1.29 is 29.7 Å². The van der Waals surface area contributed by atoms with Crippen molar-refractivity contribution >= 4 is 17.8 Å². The molecule has 136 valence electrons. The fourth-order valence-corrected chi connectivity index (χ4v) is 2.15. The maximum absolute atomic E-state index is 12.2. The van der Waals surface area contributed by atoms with Crippen LogP contribution in [0.15, 0.2) is 35.1 Å². The molecular formula is C16H15N3O7. The summed E-state index contributed by atoms with van der Waals surface area (Å²) in [6.07, 6.45) is -0.862. The molecule has 0 saturated carbocycles. The van der Waals surface area contributed by atoms with E-state index in [0.717, 1.165) is 16.3 Å². The Morgan fingerprint density at radius 3 is 2.50 bits per heavy atom. The minimum atomic E-state index is -1.72. The van der Waals surface area contributed by atoms with Crippen molar-refractivity contribution in [3.8, 4) is 11.4 Å². The lowest BCUT2D eigenvalue weighted by Gasteiger charge is -2.13. The molecule has 0 aliphatic carbocycles. The number of nitrogens with zero attached hydrogens (tertiary/aromatic N) is 2. The van der Waals surface area contributed by atoms with Crippen LogP contribution in [0.5, 0.6) is 5.75 Å². The molecule has 0 fully saturated rings. The van der Waals surface area contributed by atoms with Crippen LogP contribution in [0.3, 0.4) is 0 Å². The average Bonchev–Trinajstić information content (AvgIpc) is 2.53. The normalized spacial score (nSPS) is 11.6. The molecule has 1 heterocycles. The van der Waals surface area contributed by atoms with Crippen LogP contribution in [-0.4, -0.2) is 49.0 Å². The summed E-state index contributed by atoms with van der Waals surface area (Å²) in [5.41, 5.74) is -0.153. The zero-order valence-corrected chi connectivity index (χ0v) is 13.5. The second-order valence-electron chi connectivity index (χ2n) is 5.43. The Morgan fingerprint density at radius 2 is 1.92 bits per heavy atom. The Labute approximate surface area is 146 Å². The molecule has 0 saturated heterocycles. The lowest BCUT2D eigenvalue weighted by atomic mass is 10.2. The Kier molecular flexibility index (Phi) is 5.36. The number of rotatable bonds is 6. The van der Waals surface area contributed by atoms with Gasteiger partial charge in [-0.1, -0.05) is 12.1 Å². The molecule has 0 aliphatic heterocycles. The first kappa shape index (κ1) is 18.6. The fraction of sp³-hybridized carbons (Fsp3) is 0.188. The van der Waals surface area contributed by atoms with E-state index in [4.69, 9.17) is 10.2 Å². The van der Waals surface area contributed by atoms with Crippen molar-refractivity contribution in [2.75, 3.05) is 0 Å². The highest BCUT2D eigenvalue weighted by Gasteiger charge is 2.26. The molecule has 10 nitrogen and oxygen atoms in total. The summed E-state index contributed by atoms with van der Waals surface area (Å²) in [5.74, 6) is -4.87. The van der Waals surface area contributed by atoms with Gasteiger partial charge in [0.2, 0.25) is 0 Å². The quantitative estimate of drug-likeness (QED) is 0.555. The molecule has 4 N–H and O–H groups in total. The number of aliphatic carboxylic acids is 2. The van der Waals surface area contributed by atoms with Gasteiger partial charge in [-0.3, -0.25) is 14.4 Å². The molecule has 2 aromatic rings. The molecule has 26 heavy (non-hydrogen) atoms. The second-order valence-corrected chi connectivity index (χ2v) is 5.43. The predicted octanol–water partition coefficient (Wildman–Crippen LogP) is -0.0958. The van der Waals surface area contributed by atoms with Crippen molar-refractivity contribution in [2.24, 2.45) is 0 Å². The van der Waals surface area contributed by atoms with Gasteiger partial charge in [0.15, 0.2) is 11.4 Å². The smallest absolute Gasteiger partial charge is 0.326 e. The highest BCUT2D eigenvalue weighted by Crippen LogP contribution is 2.14. The molecule has 0 aliphatic rings. The van der Waals surface area contributed by atoms with Gasteiger partial charge in [0.1, 0.15) is 6.04 Å². The summed E-state index contributed by atoms with van der Waals surface area (Å²) in [6, 6.07) is 5.67. The highest BCUT2D eigenvalue weighted by molar-refractivity contribution is 5.97. The number of carbonyl (C=O) groups is 3. The van der Waals surface area contributed by atoms with E-state index < -0.39 is 47.3 Å². The van der Waals surface area contributed by atoms with Gasteiger partial charge >= 0.3 is 11.9 Å². The predicted molar refractivity (Wildman–Crippen MR) is 87.4 cm³/mol. The molecule has 1 unspecified atom stereocenters. The summed E-state index contributed by atoms with van der Waals surface area (Å²) in [7, 11) is 0. The minimum absolute atomic E-state index is 0.337. The van der Waals surface area contributed by atoms with E-state index in [0.29, 0.717) is 5.69 Å². The Balaban J connectivity index is 2.41. The molecule has 0 bridgehead atoms. The third kappa shape index (κ3) is 4.23. The van der Waals surface area contributed by atoms with Crippen molar-refractivity contribution in [3.63, 3.8) is 0 Å². The lowest BCUT2D eigenvalue weighted by Crippen LogP contribution is -2.43. The third-order valence-corrected chi connectivity index (χ3v) is 3.36. The van der Waals surface area contributed by atoms with Crippen molar-refractivity contribution in [3.05, 3.63) is 51.9 Å². The summed E-state index contributed by atoms with van der Waals surface area (Å²) in [5, 5.41) is 33.2. The Morgan fingerprint density at radius 1 is 1.23 bits per heavy atom. The number of amides is 1. The van der Waals surface area contributed by atoms with Gasteiger partial charge in [-0.25, -0.2) is 4.79 Å². The van der Waals surface area contributed by atoms with Gasteiger partial charge in [-0.2, -0.15) is 9.78 Å². The number of nitrogens with one attached hydrogen (secondary N) is 1. The van der Waals surface area contributed by atoms with Gasteiger partial charge in [-0.05, 0) is 24.6 Å². The molecule has 0 radical (unpaired) electrons.